The van der Waals surface area contributed by atoms with Gasteiger partial charge >= 0.3 is 0 Å². The largest absolute Gasteiger partial charge is 0.348 e. The Bertz CT molecular complexity index is 422. The average molecular weight is 228 g/mol. The van der Waals surface area contributed by atoms with Crippen LogP contribution < -0.4 is 10.6 Å². The summed E-state index contributed by atoms with van der Waals surface area (Å²) in [6.45, 7) is 1.67. The van der Waals surface area contributed by atoms with E-state index in [0.717, 1.165) is 19.5 Å². The fraction of sp³-hybridized carbons (Fsp3) is 0.357. The van der Waals surface area contributed by atoms with Crippen molar-refractivity contribution in [2.24, 2.45) is 5.92 Å². The Morgan fingerprint density at radius 3 is 2.88 bits per heavy atom. The molecule has 0 aliphatic carbocycles. The highest BCUT2D eigenvalue weighted by Crippen LogP contribution is 2.11. The molecule has 2 unspecified atom stereocenters. The number of hydrogen-bond donors (Lipinski definition) is 2. The number of terminal acetylenes is 1. The van der Waals surface area contributed by atoms with Crippen LogP contribution >= 0.6 is 0 Å². The van der Waals surface area contributed by atoms with Gasteiger partial charge in [-0.1, -0.05) is 24.1 Å². The van der Waals surface area contributed by atoms with Crippen molar-refractivity contribution in [1.29, 1.82) is 0 Å². The molecule has 0 spiro atoms. The Labute approximate surface area is 102 Å². The van der Waals surface area contributed by atoms with Crippen molar-refractivity contribution in [1.82, 2.24) is 10.6 Å². The Balaban J connectivity index is 2.01. The molecule has 1 saturated heterocycles. The zero-order valence-corrected chi connectivity index (χ0v) is 9.65. The monoisotopic (exact) mass is 228 g/mol. The molecule has 0 saturated carbocycles. The highest BCUT2D eigenvalue weighted by Gasteiger charge is 2.24. The molecule has 2 N–H and O–H groups in total. The second kappa shape index (κ2) is 5.51. The third-order valence-corrected chi connectivity index (χ3v) is 3.05. The van der Waals surface area contributed by atoms with E-state index in [2.05, 4.69) is 16.6 Å². The summed E-state index contributed by atoms with van der Waals surface area (Å²) >= 11 is 0. The van der Waals surface area contributed by atoms with Crippen LogP contribution in [0.4, 0.5) is 0 Å². The van der Waals surface area contributed by atoms with E-state index >= 15 is 0 Å². The van der Waals surface area contributed by atoms with E-state index in [-0.39, 0.29) is 17.9 Å². The lowest BCUT2D eigenvalue weighted by atomic mass is 9.94. The molecule has 1 fully saturated rings. The molecule has 2 rings (SSSR count). The molecule has 3 heteroatoms. The van der Waals surface area contributed by atoms with Crippen molar-refractivity contribution in [3.63, 3.8) is 0 Å². The Kier molecular flexibility index (Phi) is 3.79. The minimum Gasteiger partial charge on any atom is -0.348 e. The van der Waals surface area contributed by atoms with Gasteiger partial charge < -0.3 is 10.6 Å². The van der Waals surface area contributed by atoms with E-state index in [1.165, 1.54) is 0 Å². The van der Waals surface area contributed by atoms with Gasteiger partial charge in [0.15, 0.2) is 0 Å². The van der Waals surface area contributed by atoms with E-state index in [1.54, 1.807) is 12.1 Å². The molecule has 1 aromatic rings. The number of carbonyl (C=O) groups is 1. The van der Waals surface area contributed by atoms with Crippen molar-refractivity contribution in [3.8, 4) is 12.3 Å². The summed E-state index contributed by atoms with van der Waals surface area (Å²) in [7, 11) is 0. The molecule has 0 aromatic heterocycles. The minimum absolute atomic E-state index is 0.0437. The van der Waals surface area contributed by atoms with Gasteiger partial charge in [-0.15, -0.1) is 6.42 Å². The van der Waals surface area contributed by atoms with Crippen LogP contribution in [0.15, 0.2) is 30.3 Å². The SMILES string of the molecule is C#CC1CNCCC1NC(=O)c1ccccc1. The van der Waals surface area contributed by atoms with Crippen LogP contribution in [0.25, 0.3) is 0 Å². The quantitative estimate of drug-likeness (QED) is 0.742. The molecule has 88 valence electrons. The first-order valence-electron chi connectivity index (χ1n) is 5.84. The number of hydrogen-bond acceptors (Lipinski definition) is 2. The van der Waals surface area contributed by atoms with Crippen molar-refractivity contribution in [2.75, 3.05) is 13.1 Å². The maximum absolute atomic E-state index is 12.0. The number of carbonyl (C=O) groups excluding carboxylic acids is 1. The summed E-state index contributed by atoms with van der Waals surface area (Å²) in [4.78, 5) is 12.0. The first kappa shape index (κ1) is 11.7. The van der Waals surface area contributed by atoms with Gasteiger partial charge in [-0.3, -0.25) is 4.79 Å². The molecule has 1 heterocycles. The van der Waals surface area contributed by atoms with E-state index < -0.39 is 0 Å². The van der Waals surface area contributed by atoms with E-state index in [9.17, 15) is 4.79 Å². The maximum Gasteiger partial charge on any atom is 0.251 e. The van der Waals surface area contributed by atoms with E-state index in [0.29, 0.717) is 5.56 Å². The number of rotatable bonds is 2. The molecule has 1 aliphatic rings. The topological polar surface area (TPSA) is 41.1 Å². The molecule has 1 aliphatic heterocycles. The van der Waals surface area contributed by atoms with Crippen molar-refractivity contribution in [3.05, 3.63) is 35.9 Å². The minimum atomic E-state index is -0.0437. The van der Waals surface area contributed by atoms with Gasteiger partial charge in [-0.2, -0.15) is 0 Å². The van der Waals surface area contributed by atoms with E-state index in [4.69, 9.17) is 6.42 Å². The van der Waals surface area contributed by atoms with Crippen LogP contribution in [-0.2, 0) is 0 Å². The highest BCUT2D eigenvalue weighted by molar-refractivity contribution is 5.94. The fourth-order valence-corrected chi connectivity index (χ4v) is 2.05. The van der Waals surface area contributed by atoms with Crippen LogP contribution in [-0.4, -0.2) is 25.0 Å². The molecule has 3 nitrogen and oxygen atoms in total. The molecular weight excluding hydrogens is 212 g/mol. The maximum atomic E-state index is 12.0. The molecule has 1 aromatic carbocycles. The predicted molar refractivity (Wildman–Crippen MR) is 67.5 cm³/mol. The van der Waals surface area contributed by atoms with Gasteiger partial charge in [0.25, 0.3) is 5.91 Å². The first-order valence-corrected chi connectivity index (χ1v) is 5.84. The summed E-state index contributed by atoms with van der Waals surface area (Å²) in [5, 5.41) is 6.25. The van der Waals surface area contributed by atoms with Crippen LogP contribution in [0.5, 0.6) is 0 Å². The lowest BCUT2D eigenvalue weighted by Crippen LogP contribution is -2.48. The summed E-state index contributed by atoms with van der Waals surface area (Å²) in [5.41, 5.74) is 0.682. The molecule has 0 bridgehead atoms. The van der Waals surface area contributed by atoms with Crippen LogP contribution in [0.3, 0.4) is 0 Å². The Hall–Kier alpha value is -1.79. The van der Waals surface area contributed by atoms with Gasteiger partial charge in [0.05, 0.1) is 5.92 Å². The number of piperidine rings is 1. The molecule has 17 heavy (non-hydrogen) atoms. The third kappa shape index (κ3) is 2.86. The first-order chi connectivity index (χ1) is 8.31. The smallest absolute Gasteiger partial charge is 0.251 e. The van der Waals surface area contributed by atoms with Gasteiger partial charge in [-0.25, -0.2) is 0 Å². The summed E-state index contributed by atoms with van der Waals surface area (Å²) in [6, 6.07) is 9.30. The standard InChI is InChI=1S/C14H16N2O/c1-2-11-10-15-9-8-13(11)16-14(17)12-6-4-3-5-7-12/h1,3-7,11,13,15H,8-10H2,(H,16,17). The number of nitrogens with one attached hydrogen (secondary N) is 2. The molecule has 2 atom stereocenters. The Morgan fingerprint density at radius 1 is 1.41 bits per heavy atom. The molecule has 0 radical (unpaired) electrons. The average Bonchev–Trinajstić information content (AvgIpc) is 2.40. The van der Waals surface area contributed by atoms with Gasteiger partial charge in [-0.05, 0) is 25.1 Å². The van der Waals surface area contributed by atoms with Crippen LogP contribution in [0.2, 0.25) is 0 Å². The normalized spacial score (nSPS) is 23.7. The lowest BCUT2D eigenvalue weighted by molar-refractivity contribution is 0.0920. The zero-order valence-electron chi connectivity index (χ0n) is 9.65. The zero-order chi connectivity index (χ0) is 12.1. The van der Waals surface area contributed by atoms with E-state index in [1.807, 2.05) is 18.2 Å². The number of benzene rings is 1. The number of amides is 1. The summed E-state index contributed by atoms with van der Waals surface area (Å²) < 4.78 is 0. The summed E-state index contributed by atoms with van der Waals surface area (Å²) in [6.07, 6.45) is 6.35. The fourth-order valence-electron chi connectivity index (χ4n) is 2.05. The molecule has 1 amide bonds. The van der Waals surface area contributed by atoms with Gasteiger partial charge in [0.2, 0.25) is 0 Å². The van der Waals surface area contributed by atoms with Gasteiger partial charge in [0, 0.05) is 18.2 Å². The molecular formula is C14H16N2O. The Morgan fingerprint density at radius 2 is 2.18 bits per heavy atom. The van der Waals surface area contributed by atoms with Crippen LogP contribution in [0, 0.1) is 18.3 Å². The third-order valence-electron chi connectivity index (χ3n) is 3.05. The van der Waals surface area contributed by atoms with Crippen molar-refractivity contribution < 1.29 is 4.79 Å². The second-order valence-corrected chi connectivity index (χ2v) is 4.21. The predicted octanol–water partition coefficient (Wildman–Crippen LogP) is 1.03. The lowest BCUT2D eigenvalue weighted by Gasteiger charge is -2.29. The second-order valence-electron chi connectivity index (χ2n) is 4.21. The van der Waals surface area contributed by atoms with Crippen LogP contribution in [0.1, 0.15) is 16.8 Å². The van der Waals surface area contributed by atoms with Crippen molar-refractivity contribution >= 4 is 5.91 Å². The van der Waals surface area contributed by atoms with Gasteiger partial charge in [0.1, 0.15) is 0 Å². The summed E-state index contributed by atoms with van der Waals surface area (Å²) in [5.74, 6) is 2.77. The highest BCUT2D eigenvalue weighted by atomic mass is 16.1. The van der Waals surface area contributed by atoms with Crippen molar-refractivity contribution in [2.45, 2.75) is 12.5 Å².